The smallest absolute Gasteiger partial charge is 0.292 e. The number of nitro groups is 1. The Balaban J connectivity index is 2.15. The van der Waals surface area contributed by atoms with Gasteiger partial charge in [-0.2, -0.15) is 0 Å². The molecule has 0 aliphatic heterocycles. The lowest BCUT2D eigenvalue weighted by Crippen LogP contribution is -2.35. The first-order valence-corrected chi connectivity index (χ1v) is 6.66. The van der Waals surface area contributed by atoms with Gasteiger partial charge in [-0.25, -0.2) is 0 Å². The number of anilines is 1. The molecule has 1 fully saturated rings. The second-order valence-corrected chi connectivity index (χ2v) is 5.20. The van der Waals surface area contributed by atoms with Gasteiger partial charge in [0.05, 0.1) is 12.0 Å². The number of ether oxygens (including phenoxy) is 1. The van der Waals surface area contributed by atoms with Gasteiger partial charge in [0.25, 0.3) is 5.69 Å². The molecule has 1 aromatic rings. The highest BCUT2D eigenvalue weighted by atomic mass is 16.6. The van der Waals surface area contributed by atoms with Crippen molar-refractivity contribution in [1.29, 1.82) is 0 Å². The first-order valence-electron chi connectivity index (χ1n) is 6.66. The normalized spacial score (nSPS) is 16.5. The predicted octanol–water partition coefficient (Wildman–Crippen LogP) is 3.60. The van der Waals surface area contributed by atoms with E-state index in [2.05, 4.69) is 12.2 Å². The van der Waals surface area contributed by atoms with Crippen molar-refractivity contribution in [3.8, 4) is 5.75 Å². The van der Waals surface area contributed by atoms with Crippen molar-refractivity contribution in [3.05, 3.63) is 28.3 Å². The first-order chi connectivity index (χ1) is 9.10. The molecule has 0 bridgehead atoms. The Kier molecular flexibility index (Phi) is 3.93. The third-order valence-corrected chi connectivity index (χ3v) is 4.22. The zero-order valence-corrected chi connectivity index (χ0v) is 11.4. The maximum Gasteiger partial charge on any atom is 0.292 e. The van der Waals surface area contributed by atoms with E-state index in [1.165, 1.54) is 25.3 Å². The van der Waals surface area contributed by atoms with Gasteiger partial charge < -0.3 is 10.1 Å². The molecule has 5 nitrogen and oxygen atoms in total. The van der Waals surface area contributed by atoms with Gasteiger partial charge in [-0.15, -0.1) is 0 Å². The summed E-state index contributed by atoms with van der Waals surface area (Å²) in [5, 5.41) is 14.3. The summed E-state index contributed by atoms with van der Waals surface area (Å²) in [6.45, 7) is 2.97. The second kappa shape index (κ2) is 5.47. The van der Waals surface area contributed by atoms with Crippen LogP contribution in [-0.4, -0.2) is 18.6 Å². The minimum atomic E-state index is -0.360. The van der Waals surface area contributed by atoms with Crippen LogP contribution < -0.4 is 10.1 Å². The van der Waals surface area contributed by atoms with Crippen LogP contribution in [0.3, 0.4) is 0 Å². The Morgan fingerprint density at radius 2 is 2.21 bits per heavy atom. The molecular formula is C14H20N2O3. The summed E-state index contributed by atoms with van der Waals surface area (Å²) in [6, 6.07) is 4.79. The van der Waals surface area contributed by atoms with E-state index in [1.54, 1.807) is 19.2 Å². The predicted molar refractivity (Wildman–Crippen MR) is 74.7 cm³/mol. The zero-order chi connectivity index (χ0) is 13.9. The summed E-state index contributed by atoms with van der Waals surface area (Å²) in [7, 11) is 1.56. The molecule has 0 saturated heterocycles. The summed E-state index contributed by atoms with van der Waals surface area (Å²) >= 11 is 0. The molecule has 0 amide bonds. The van der Waals surface area contributed by atoms with E-state index in [9.17, 15) is 10.1 Å². The SMILES string of the molecule is CCC1(CNc2cc(OC)ccc2[N+](=O)[O-])CCC1. The van der Waals surface area contributed by atoms with Crippen molar-refractivity contribution in [2.75, 3.05) is 19.0 Å². The largest absolute Gasteiger partial charge is 0.497 e. The molecule has 1 aliphatic rings. The van der Waals surface area contributed by atoms with Crippen LogP contribution in [0.4, 0.5) is 11.4 Å². The molecule has 1 saturated carbocycles. The lowest BCUT2D eigenvalue weighted by atomic mass is 9.67. The van der Waals surface area contributed by atoms with E-state index < -0.39 is 0 Å². The molecule has 1 aliphatic carbocycles. The summed E-state index contributed by atoms with van der Waals surface area (Å²) in [6.07, 6.45) is 4.77. The Morgan fingerprint density at radius 3 is 2.68 bits per heavy atom. The zero-order valence-electron chi connectivity index (χ0n) is 11.4. The van der Waals surface area contributed by atoms with Crippen LogP contribution in [0.15, 0.2) is 18.2 Å². The fourth-order valence-electron chi connectivity index (χ4n) is 2.56. The van der Waals surface area contributed by atoms with E-state index in [4.69, 9.17) is 4.74 Å². The van der Waals surface area contributed by atoms with Crippen LogP contribution in [0.25, 0.3) is 0 Å². The van der Waals surface area contributed by atoms with Crippen molar-refractivity contribution in [2.24, 2.45) is 5.41 Å². The topological polar surface area (TPSA) is 64.4 Å². The molecule has 0 unspecified atom stereocenters. The van der Waals surface area contributed by atoms with E-state index >= 15 is 0 Å². The van der Waals surface area contributed by atoms with Gasteiger partial charge in [0, 0.05) is 18.7 Å². The minimum Gasteiger partial charge on any atom is -0.497 e. The molecule has 5 heteroatoms. The molecule has 0 spiro atoms. The Labute approximate surface area is 113 Å². The number of rotatable bonds is 6. The third kappa shape index (κ3) is 2.80. The average molecular weight is 264 g/mol. The quantitative estimate of drug-likeness (QED) is 0.630. The number of nitrogens with one attached hydrogen (secondary N) is 1. The number of hydrogen-bond donors (Lipinski definition) is 1. The van der Waals surface area contributed by atoms with E-state index in [1.807, 2.05) is 0 Å². The first kappa shape index (κ1) is 13.6. The third-order valence-electron chi connectivity index (χ3n) is 4.22. The molecule has 2 rings (SSSR count). The maximum absolute atomic E-state index is 11.0. The fraction of sp³-hybridized carbons (Fsp3) is 0.571. The van der Waals surface area contributed by atoms with E-state index in [0.29, 0.717) is 16.9 Å². The Hall–Kier alpha value is -1.78. The molecule has 19 heavy (non-hydrogen) atoms. The summed E-state index contributed by atoms with van der Waals surface area (Å²) < 4.78 is 5.13. The van der Waals surface area contributed by atoms with Crippen molar-refractivity contribution < 1.29 is 9.66 Å². The van der Waals surface area contributed by atoms with Crippen molar-refractivity contribution >= 4 is 11.4 Å². The number of nitro benzene ring substituents is 1. The van der Waals surface area contributed by atoms with Crippen LogP contribution >= 0.6 is 0 Å². The van der Waals surface area contributed by atoms with Crippen LogP contribution in [0.1, 0.15) is 32.6 Å². The van der Waals surface area contributed by atoms with E-state index in [0.717, 1.165) is 13.0 Å². The number of methoxy groups -OCH3 is 1. The summed E-state index contributed by atoms with van der Waals surface area (Å²) in [5.41, 5.74) is 0.965. The molecule has 0 aromatic heterocycles. The maximum atomic E-state index is 11.0. The highest BCUT2D eigenvalue weighted by molar-refractivity contribution is 5.64. The molecule has 1 aromatic carbocycles. The van der Waals surface area contributed by atoms with Crippen LogP contribution in [0.5, 0.6) is 5.75 Å². The number of benzene rings is 1. The highest BCUT2D eigenvalue weighted by Gasteiger charge is 2.35. The monoisotopic (exact) mass is 264 g/mol. The Bertz CT molecular complexity index is 464. The molecule has 104 valence electrons. The minimum absolute atomic E-state index is 0.103. The van der Waals surface area contributed by atoms with Gasteiger partial charge in [-0.3, -0.25) is 10.1 Å². The van der Waals surface area contributed by atoms with Crippen molar-refractivity contribution in [3.63, 3.8) is 0 Å². The number of hydrogen-bond acceptors (Lipinski definition) is 4. The lowest BCUT2D eigenvalue weighted by Gasteiger charge is -2.41. The van der Waals surface area contributed by atoms with Crippen LogP contribution in [0, 0.1) is 15.5 Å². The lowest BCUT2D eigenvalue weighted by molar-refractivity contribution is -0.384. The standard InChI is InChI=1S/C14H20N2O3/c1-3-14(7-4-8-14)10-15-12-9-11(19-2)5-6-13(12)16(17)18/h5-6,9,15H,3-4,7-8,10H2,1-2H3. The average Bonchev–Trinajstić information content (AvgIpc) is 2.37. The molecule has 0 heterocycles. The summed E-state index contributed by atoms with van der Waals surface area (Å²) in [4.78, 5) is 10.7. The van der Waals surface area contributed by atoms with Gasteiger partial charge in [0.1, 0.15) is 11.4 Å². The second-order valence-electron chi connectivity index (χ2n) is 5.20. The fourth-order valence-corrected chi connectivity index (χ4v) is 2.56. The van der Waals surface area contributed by atoms with Crippen molar-refractivity contribution in [2.45, 2.75) is 32.6 Å². The van der Waals surface area contributed by atoms with Gasteiger partial charge in [-0.05, 0) is 30.7 Å². The highest BCUT2D eigenvalue weighted by Crippen LogP contribution is 2.44. The molecule has 1 N–H and O–H groups in total. The summed E-state index contributed by atoms with van der Waals surface area (Å²) in [5.74, 6) is 0.632. The molecule has 0 atom stereocenters. The van der Waals surface area contributed by atoms with Crippen molar-refractivity contribution in [1.82, 2.24) is 0 Å². The Morgan fingerprint density at radius 1 is 1.47 bits per heavy atom. The van der Waals surface area contributed by atoms with E-state index in [-0.39, 0.29) is 10.6 Å². The molecule has 0 radical (unpaired) electrons. The van der Waals surface area contributed by atoms with Crippen LogP contribution in [-0.2, 0) is 0 Å². The van der Waals surface area contributed by atoms with Gasteiger partial charge >= 0.3 is 0 Å². The molecular weight excluding hydrogens is 244 g/mol. The van der Waals surface area contributed by atoms with Gasteiger partial charge in [0.2, 0.25) is 0 Å². The number of nitrogens with zero attached hydrogens (tertiary/aromatic N) is 1. The van der Waals surface area contributed by atoms with Crippen LogP contribution in [0.2, 0.25) is 0 Å². The van der Waals surface area contributed by atoms with Gasteiger partial charge in [-0.1, -0.05) is 13.3 Å². The van der Waals surface area contributed by atoms with Gasteiger partial charge in [0.15, 0.2) is 0 Å².